The van der Waals surface area contributed by atoms with E-state index in [0.29, 0.717) is 13.0 Å². The summed E-state index contributed by atoms with van der Waals surface area (Å²) in [4.78, 5) is 22.4. The molecule has 0 spiro atoms. The molecule has 5 nitrogen and oxygen atoms in total. The molecular formula is C9H16N2O3. The van der Waals surface area contributed by atoms with Crippen molar-refractivity contribution in [3.63, 3.8) is 0 Å². The van der Waals surface area contributed by atoms with Crippen molar-refractivity contribution in [2.24, 2.45) is 0 Å². The molecule has 80 valence electrons. The lowest BCUT2D eigenvalue weighted by molar-refractivity contribution is -0.140. The molecule has 0 bridgehead atoms. The van der Waals surface area contributed by atoms with Gasteiger partial charge in [-0.2, -0.15) is 0 Å². The van der Waals surface area contributed by atoms with Gasteiger partial charge in [-0.15, -0.1) is 0 Å². The van der Waals surface area contributed by atoms with E-state index in [0.717, 1.165) is 0 Å². The molecule has 0 aromatic rings. The van der Waals surface area contributed by atoms with Gasteiger partial charge >= 0.3 is 0 Å². The highest BCUT2D eigenvalue weighted by Crippen LogP contribution is 2.09. The monoisotopic (exact) mass is 200 g/mol. The highest BCUT2D eigenvalue weighted by molar-refractivity contribution is 5.86. The summed E-state index contributed by atoms with van der Waals surface area (Å²) in [5, 5.41) is 5.40. The minimum atomic E-state index is -0.842. The van der Waals surface area contributed by atoms with Gasteiger partial charge in [0.15, 0.2) is 0 Å². The second-order valence-electron chi connectivity index (χ2n) is 3.89. The Labute approximate surface area is 83.2 Å². The Hall–Kier alpha value is -1.10. The molecule has 0 radical (unpaired) electrons. The molecule has 1 aliphatic heterocycles. The van der Waals surface area contributed by atoms with E-state index < -0.39 is 5.60 Å². The van der Waals surface area contributed by atoms with E-state index in [1.807, 2.05) is 0 Å². The zero-order valence-electron chi connectivity index (χ0n) is 8.72. The van der Waals surface area contributed by atoms with Crippen LogP contribution in [0.2, 0.25) is 0 Å². The van der Waals surface area contributed by atoms with Crippen molar-refractivity contribution in [2.75, 3.05) is 13.7 Å². The first kappa shape index (κ1) is 11.0. The predicted molar refractivity (Wildman–Crippen MR) is 50.6 cm³/mol. The van der Waals surface area contributed by atoms with Crippen molar-refractivity contribution < 1.29 is 14.3 Å². The summed E-state index contributed by atoms with van der Waals surface area (Å²) in [6.45, 7) is 3.88. The predicted octanol–water partition coefficient (Wildman–Crippen LogP) is -0.584. The molecule has 2 N–H and O–H groups in total. The fourth-order valence-electron chi connectivity index (χ4n) is 1.16. The molecule has 0 aliphatic carbocycles. The molecular weight excluding hydrogens is 184 g/mol. The third kappa shape index (κ3) is 2.45. The van der Waals surface area contributed by atoms with E-state index in [1.165, 1.54) is 7.11 Å². The molecule has 1 rings (SSSR count). The van der Waals surface area contributed by atoms with Gasteiger partial charge in [-0.25, -0.2) is 0 Å². The van der Waals surface area contributed by atoms with Crippen LogP contribution in [0.25, 0.3) is 0 Å². The van der Waals surface area contributed by atoms with Crippen LogP contribution in [0.5, 0.6) is 0 Å². The van der Waals surface area contributed by atoms with Gasteiger partial charge in [0.1, 0.15) is 5.60 Å². The summed E-state index contributed by atoms with van der Waals surface area (Å²) in [6, 6.07) is -0.107. The zero-order chi connectivity index (χ0) is 10.8. The molecule has 5 heteroatoms. The Bertz CT molecular complexity index is 250. The third-order valence-electron chi connectivity index (χ3n) is 2.37. The van der Waals surface area contributed by atoms with Crippen LogP contribution in [0, 0.1) is 0 Å². The van der Waals surface area contributed by atoms with Gasteiger partial charge in [0.05, 0.1) is 6.04 Å². The lowest BCUT2D eigenvalue weighted by Gasteiger charge is -2.23. The molecule has 1 saturated heterocycles. The summed E-state index contributed by atoms with van der Waals surface area (Å²) >= 11 is 0. The van der Waals surface area contributed by atoms with Crippen molar-refractivity contribution in [1.82, 2.24) is 10.6 Å². The van der Waals surface area contributed by atoms with E-state index in [4.69, 9.17) is 4.74 Å². The van der Waals surface area contributed by atoms with Crippen LogP contribution in [0.3, 0.4) is 0 Å². The van der Waals surface area contributed by atoms with E-state index >= 15 is 0 Å². The maximum absolute atomic E-state index is 11.6. The minimum absolute atomic E-state index is 0.0227. The number of hydrogen-bond acceptors (Lipinski definition) is 3. The zero-order valence-corrected chi connectivity index (χ0v) is 8.72. The number of hydrogen-bond donors (Lipinski definition) is 2. The van der Waals surface area contributed by atoms with Gasteiger partial charge in [0.2, 0.25) is 5.91 Å². The number of methoxy groups -OCH3 is 1. The first-order valence-corrected chi connectivity index (χ1v) is 4.58. The molecule has 1 fully saturated rings. The van der Waals surface area contributed by atoms with E-state index in [1.54, 1.807) is 13.8 Å². The quantitative estimate of drug-likeness (QED) is 0.640. The number of carbonyl (C=O) groups excluding carboxylic acids is 2. The van der Waals surface area contributed by atoms with Crippen LogP contribution in [0.1, 0.15) is 20.3 Å². The van der Waals surface area contributed by atoms with Crippen molar-refractivity contribution in [3.05, 3.63) is 0 Å². The first-order chi connectivity index (χ1) is 6.45. The summed E-state index contributed by atoms with van der Waals surface area (Å²) in [5.41, 5.74) is -0.842. The van der Waals surface area contributed by atoms with Gasteiger partial charge in [-0.05, 0) is 13.8 Å². The Kier molecular flexibility index (Phi) is 3.10. The highest BCUT2D eigenvalue weighted by atomic mass is 16.5. The first-order valence-electron chi connectivity index (χ1n) is 4.58. The molecule has 1 atom stereocenters. The van der Waals surface area contributed by atoms with Gasteiger partial charge in [-0.3, -0.25) is 9.59 Å². The van der Waals surface area contributed by atoms with E-state index in [9.17, 15) is 9.59 Å². The average molecular weight is 200 g/mol. The molecule has 14 heavy (non-hydrogen) atoms. The van der Waals surface area contributed by atoms with Crippen molar-refractivity contribution in [1.29, 1.82) is 0 Å². The number of nitrogens with one attached hydrogen (secondary N) is 2. The van der Waals surface area contributed by atoms with E-state index in [-0.39, 0.29) is 17.9 Å². The lowest BCUT2D eigenvalue weighted by atomic mass is 10.1. The minimum Gasteiger partial charge on any atom is -0.369 e. The molecule has 0 aromatic carbocycles. The Balaban J connectivity index is 2.45. The molecule has 1 heterocycles. The summed E-state index contributed by atoms with van der Waals surface area (Å²) in [7, 11) is 1.48. The fraction of sp³-hybridized carbons (Fsp3) is 0.778. The molecule has 1 aliphatic rings. The van der Waals surface area contributed by atoms with Crippen LogP contribution < -0.4 is 10.6 Å². The Morgan fingerprint density at radius 1 is 1.64 bits per heavy atom. The summed E-state index contributed by atoms with van der Waals surface area (Å²) in [5.74, 6) is -0.216. The van der Waals surface area contributed by atoms with Crippen LogP contribution in [-0.2, 0) is 14.3 Å². The standard InChI is InChI=1S/C9H16N2O3/c1-9(2,14-3)8(13)11-6-4-7(12)10-5-6/h6H,4-5H2,1-3H3,(H,10,12)(H,11,13). The maximum Gasteiger partial charge on any atom is 0.251 e. The van der Waals surface area contributed by atoms with Gasteiger partial charge < -0.3 is 15.4 Å². The van der Waals surface area contributed by atoms with Crippen molar-refractivity contribution in [2.45, 2.75) is 31.9 Å². The number of ether oxygens (including phenoxy) is 1. The summed E-state index contributed by atoms with van der Waals surface area (Å²) in [6.07, 6.45) is 0.353. The summed E-state index contributed by atoms with van der Waals surface area (Å²) < 4.78 is 5.02. The topological polar surface area (TPSA) is 67.4 Å². The third-order valence-corrected chi connectivity index (χ3v) is 2.37. The number of rotatable bonds is 3. The normalized spacial score (nSPS) is 21.9. The molecule has 0 aromatic heterocycles. The van der Waals surface area contributed by atoms with Crippen molar-refractivity contribution >= 4 is 11.8 Å². The van der Waals surface area contributed by atoms with Gasteiger partial charge in [-0.1, -0.05) is 0 Å². The smallest absolute Gasteiger partial charge is 0.251 e. The van der Waals surface area contributed by atoms with Crippen molar-refractivity contribution in [3.8, 4) is 0 Å². The number of amides is 2. The van der Waals surface area contributed by atoms with Crippen LogP contribution >= 0.6 is 0 Å². The van der Waals surface area contributed by atoms with Crippen LogP contribution in [0.15, 0.2) is 0 Å². The maximum atomic E-state index is 11.6. The SMILES string of the molecule is COC(C)(C)C(=O)NC1CNC(=O)C1. The molecule has 2 amide bonds. The second kappa shape index (κ2) is 3.96. The molecule has 0 saturated carbocycles. The number of carbonyl (C=O) groups is 2. The van der Waals surface area contributed by atoms with Gasteiger partial charge in [0.25, 0.3) is 5.91 Å². The Morgan fingerprint density at radius 3 is 2.71 bits per heavy atom. The largest absolute Gasteiger partial charge is 0.369 e. The van der Waals surface area contributed by atoms with Gasteiger partial charge in [0, 0.05) is 20.1 Å². The van der Waals surface area contributed by atoms with E-state index in [2.05, 4.69) is 10.6 Å². The molecule has 1 unspecified atom stereocenters. The van der Waals surface area contributed by atoms with Crippen LogP contribution in [-0.4, -0.2) is 37.1 Å². The fourth-order valence-corrected chi connectivity index (χ4v) is 1.16. The highest BCUT2D eigenvalue weighted by Gasteiger charge is 2.31. The van der Waals surface area contributed by atoms with Crippen LogP contribution in [0.4, 0.5) is 0 Å². The lowest BCUT2D eigenvalue weighted by Crippen LogP contribution is -2.48. The average Bonchev–Trinajstić information content (AvgIpc) is 2.51. The second-order valence-corrected chi connectivity index (χ2v) is 3.89. The Morgan fingerprint density at radius 2 is 2.29 bits per heavy atom.